The number of aryl methyl sites for hydroxylation is 1. The topological polar surface area (TPSA) is 72.5 Å². The summed E-state index contributed by atoms with van der Waals surface area (Å²) in [5.41, 5.74) is 3.91. The van der Waals surface area contributed by atoms with Crippen LogP contribution in [-0.2, 0) is 17.9 Å². The fourth-order valence-corrected chi connectivity index (χ4v) is 2.76. The highest BCUT2D eigenvalue weighted by Gasteiger charge is 2.09. The summed E-state index contributed by atoms with van der Waals surface area (Å²) in [4.78, 5) is 16.4. The van der Waals surface area contributed by atoms with Gasteiger partial charge in [0.2, 0.25) is 0 Å². The summed E-state index contributed by atoms with van der Waals surface area (Å²) < 4.78 is 11.1. The van der Waals surface area contributed by atoms with Crippen molar-refractivity contribution in [1.82, 2.24) is 10.3 Å². The van der Waals surface area contributed by atoms with Gasteiger partial charge in [-0.05, 0) is 48.9 Å². The highest BCUT2D eigenvalue weighted by atomic mass is 35.5. The molecule has 3 rings (SSSR count). The second-order valence-corrected chi connectivity index (χ2v) is 6.61. The van der Waals surface area contributed by atoms with Gasteiger partial charge in [0, 0.05) is 25.0 Å². The quantitative estimate of drug-likeness (QED) is 0.537. The maximum atomic E-state index is 12.1. The molecule has 2 N–H and O–H groups in total. The van der Waals surface area contributed by atoms with E-state index in [1.54, 1.807) is 13.3 Å². The maximum absolute atomic E-state index is 12.1. The molecule has 0 radical (unpaired) electrons. The predicted molar refractivity (Wildman–Crippen MR) is 120 cm³/mol. The number of carbonyl (C=O) groups excluding carboxylic acids is 1. The molecule has 158 valence electrons. The van der Waals surface area contributed by atoms with Gasteiger partial charge in [-0.25, -0.2) is 0 Å². The van der Waals surface area contributed by atoms with Crippen LogP contribution in [0.4, 0.5) is 5.69 Å². The first kappa shape index (κ1) is 23.2. The van der Waals surface area contributed by atoms with Crippen LogP contribution in [-0.4, -0.2) is 24.6 Å². The third-order valence-electron chi connectivity index (χ3n) is 4.28. The number of rotatable bonds is 9. The number of benzene rings is 2. The second-order valence-electron chi connectivity index (χ2n) is 6.61. The van der Waals surface area contributed by atoms with Gasteiger partial charge in [0.15, 0.2) is 18.1 Å². The zero-order chi connectivity index (χ0) is 20.5. The molecule has 0 spiro atoms. The van der Waals surface area contributed by atoms with Crippen molar-refractivity contribution in [2.24, 2.45) is 0 Å². The maximum Gasteiger partial charge on any atom is 0.262 e. The van der Waals surface area contributed by atoms with Crippen molar-refractivity contribution in [2.75, 3.05) is 19.0 Å². The minimum atomic E-state index is -0.225. The number of hydrogen-bond donors (Lipinski definition) is 2. The third-order valence-corrected chi connectivity index (χ3v) is 4.28. The highest BCUT2D eigenvalue weighted by Crippen LogP contribution is 2.28. The molecule has 1 heterocycles. The zero-order valence-electron chi connectivity index (χ0n) is 17.1. The van der Waals surface area contributed by atoms with Crippen LogP contribution in [0.2, 0.25) is 0 Å². The van der Waals surface area contributed by atoms with Gasteiger partial charge in [-0.15, -0.1) is 12.4 Å². The predicted octanol–water partition coefficient (Wildman–Crippen LogP) is 4.13. The molecule has 2 aromatic carbocycles. The van der Waals surface area contributed by atoms with Crippen LogP contribution < -0.4 is 20.1 Å². The zero-order valence-corrected chi connectivity index (χ0v) is 17.9. The molecule has 3 aromatic rings. The molecule has 1 amide bonds. The summed E-state index contributed by atoms with van der Waals surface area (Å²) in [7, 11) is 1.58. The summed E-state index contributed by atoms with van der Waals surface area (Å²) >= 11 is 0. The molecule has 0 fully saturated rings. The number of anilines is 1. The second kappa shape index (κ2) is 11.8. The number of nitrogens with zero attached hydrogens (tertiary/aromatic N) is 1. The lowest BCUT2D eigenvalue weighted by molar-refractivity contribution is -0.118. The number of nitrogens with one attached hydrogen (secondary N) is 2. The van der Waals surface area contributed by atoms with Gasteiger partial charge in [0.1, 0.15) is 0 Å². The minimum absolute atomic E-state index is 0. The van der Waals surface area contributed by atoms with Gasteiger partial charge in [-0.2, -0.15) is 0 Å². The van der Waals surface area contributed by atoms with Crippen molar-refractivity contribution < 1.29 is 14.3 Å². The molecule has 0 aliphatic heterocycles. The van der Waals surface area contributed by atoms with Crippen molar-refractivity contribution in [1.29, 1.82) is 0 Å². The lowest BCUT2D eigenvalue weighted by Gasteiger charge is -2.13. The van der Waals surface area contributed by atoms with Crippen LogP contribution in [0.15, 0.2) is 66.9 Å². The minimum Gasteiger partial charge on any atom is -0.493 e. The highest BCUT2D eigenvalue weighted by molar-refractivity contribution is 5.91. The summed E-state index contributed by atoms with van der Waals surface area (Å²) in [5, 5.41) is 6.16. The van der Waals surface area contributed by atoms with Crippen LogP contribution in [0.3, 0.4) is 0 Å². The monoisotopic (exact) mass is 427 g/mol. The fourth-order valence-electron chi connectivity index (χ4n) is 2.76. The van der Waals surface area contributed by atoms with E-state index in [2.05, 4.69) is 15.6 Å². The van der Waals surface area contributed by atoms with Crippen molar-refractivity contribution in [3.05, 3.63) is 83.7 Å². The summed E-state index contributed by atoms with van der Waals surface area (Å²) in [6, 6.07) is 19.1. The largest absolute Gasteiger partial charge is 0.493 e. The van der Waals surface area contributed by atoms with E-state index >= 15 is 0 Å². The van der Waals surface area contributed by atoms with Crippen LogP contribution >= 0.6 is 12.4 Å². The standard InChI is InChI=1S/C23H25N3O3.ClH/c1-17-6-9-19(10-7-17)26-23(27)16-29-21-11-8-18(13-22(21)28-2)14-24-15-20-5-3-4-12-25-20;/h3-13,24H,14-16H2,1-2H3,(H,26,27);1H. The van der Waals surface area contributed by atoms with Gasteiger partial charge in [-0.1, -0.05) is 29.8 Å². The fraction of sp³-hybridized carbons (Fsp3) is 0.217. The van der Waals surface area contributed by atoms with E-state index in [4.69, 9.17) is 9.47 Å². The van der Waals surface area contributed by atoms with Gasteiger partial charge >= 0.3 is 0 Å². The molecular formula is C23H26ClN3O3. The number of pyridine rings is 1. The van der Waals surface area contributed by atoms with E-state index in [1.807, 2.05) is 67.6 Å². The van der Waals surface area contributed by atoms with E-state index in [9.17, 15) is 4.79 Å². The molecule has 0 atom stereocenters. The Balaban J connectivity index is 0.00000320. The number of amides is 1. The smallest absolute Gasteiger partial charge is 0.262 e. The van der Waals surface area contributed by atoms with E-state index in [1.165, 1.54) is 0 Å². The Bertz CT molecular complexity index is 934. The number of aromatic nitrogens is 1. The Hall–Kier alpha value is -3.09. The van der Waals surface area contributed by atoms with Crippen LogP contribution in [0.5, 0.6) is 11.5 Å². The van der Waals surface area contributed by atoms with Crippen molar-refractivity contribution >= 4 is 24.0 Å². The van der Waals surface area contributed by atoms with Crippen LogP contribution in [0, 0.1) is 6.92 Å². The van der Waals surface area contributed by atoms with Crippen molar-refractivity contribution in [3.8, 4) is 11.5 Å². The van der Waals surface area contributed by atoms with E-state index in [0.717, 1.165) is 22.5 Å². The first-order valence-corrected chi connectivity index (χ1v) is 9.41. The van der Waals surface area contributed by atoms with Crippen molar-refractivity contribution in [2.45, 2.75) is 20.0 Å². The SMILES string of the molecule is COc1cc(CNCc2ccccn2)ccc1OCC(=O)Nc1ccc(C)cc1.Cl. The number of methoxy groups -OCH3 is 1. The van der Waals surface area contributed by atoms with Crippen molar-refractivity contribution in [3.63, 3.8) is 0 Å². The molecule has 7 heteroatoms. The Labute approximate surface area is 183 Å². The molecular weight excluding hydrogens is 402 g/mol. The summed E-state index contributed by atoms with van der Waals surface area (Å²) in [5.74, 6) is 0.891. The third kappa shape index (κ3) is 7.06. The first-order valence-electron chi connectivity index (χ1n) is 9.41. The molecule has 1 aromatic heterocycles. The molecule has 30 heavy (non-hydrogen) atoms. The van der Waals surface area contributed by atoms with Crippen LogP contribution in [0.1, 0.15) is 16.8 Å². The normalized spacial score (nSPS) is 10.1. The molecule has 0 saturated carbocycles. The Morgan fingerprint density at radius 2 is 1.80 bits per heavy atom. The summed E-state index contributed by atoms with van der Waals surface area (Å²) in [6.45, 7) is 3.25. The number of halogens is 1. The van der Waals surface area contributed by atoms with E-state index in [0.29, 0.717) is 24.6 Å². The molecule has 0 bridgehead atoms. The summed E-state index contributed by atoms with van der Waals surface area (Å²) in [6.07, 6.45) is 1.78. The Morgan fingerprint density at radius 3 is 2.50 bits per heavy atom. The number of carbonyl (C=O) groups is 1. The lowest BCUT2D eigenvalue weighted by atomic mass is 10.2. The molecule has 0 unspecified atom stereocenters. The van der Waals surface area contributed by atoms with Crippen LogP contribution in [0.25, 0.3) is 0 Å². The molecule has 6 nitrogen and oxygen atoms in total. The Kier molecular flexibility index (Phi) is 9.12. The molecule has 0 aliphatic rings. The number of ether oxygens (including phenoxy) is 2. The average molecular weight is 428 g/mol. The Morgan fingerprint density at radius 1 is 1.00 bits per heavy atom. The van der Waals surface area contributed by atoms with Gasteiger partial charge < -0.3 is 20.1 Å². The molecule has 0 aliphatic carbocycles. The van der Waals surface area contributed by atoms with Gasteiger partial charge in [-0.3, -0.25) is 9.78 Å². The van der Waals surface area contributed by atoms with Gasteiger partial charge in [0.05, 0.1) is 12.8 Å². The van der Waals surface area contributed by atoms with E-state index in [-0.39, 0.29) is 24.9 Å². The number of hydrogen-bond acceptors (Lipinski definition) is 5. The van der Waals surface area contributed by atoms with E-state index < -0.39 is 0 Å². The molecule has 0 saturated heterocycles. The van der Waals surface area contributed by atoms with Gasteiger partial charge in [0.25, 0.3) is 5.91 Å². The first-order chi connectivity index (χ1) is 14.1. The lowest BCUT2D eigenvalue weighted by Crippen LogP contribution is -2.20. The average Bonchev–Trinajstić information content (AvgIpc) is 2.75.